The first-order chi connectivity index (χ1) is 25.3. The molecule has 9 rings (SSSR count). The van der Waals surface area contributed by atoms with Crippen LogP contribution in [0.5, 0.6) is 23.0 Å². The van der Waals surface area contributed by atoms with E-state index in [1.165, 1.54) is 48.5 Å². The lowest BCUT2D eigenvalue weighted by Crippen LogP contribution is -2.57. The lowest BCUT2D eigenvalue weighted by molar-refractivity contribution is 0.464. The van der Waals surface area contributed by atoms with E-state index >= 15 is 0 Å². The van der Waals surface area contributed by atoms with Crippen molar-refractivity contribution in [2.45, 2.75) is 6.92 Å². The predicted molar refractivity (Wildman–Crippen MR) is 198 cm³/mol. The molecule has 2 heterocycles. The van der Waals surface area contributed by atoms with Crippen molar-refractivity contribution in [3.63, 3.8) is 0 Å². The summed E-state index contributed by atoms with van der Waals surface area (Å²) in [6, 6.07) is 40.4. The van der Waals surface area contributed by atoms with Crippen LogP contribution in [0.25, 0.3) is 0 Å². The molecule has 252 valence electrons. The average molecular weight is 691 g/mol. The van der Waals surface area contributed by atoms with E-state index in [9.17, 15) is 17.6 Å². The van der Waals surface area contributed by atoms with E-state index < -0.39 is 0 Å². The first-order valence-electron chi connectivity index (χ1n) is 16.7. The van der Waals surface area contributed by atoms with Gasteiger partial charge in [-0.05, 0) is 145 Å². The van der Waals surface area contributed by atoms with Crippen molar-refractivity contribution in [3.8, 4) is 23.0 Å². The molecule has 0 aliphatic carbocycles. The van der Waals surface area contributed by atoms with Crippen LogP contribution in [0, 0.1) is 30.2 Å². The van der Waals surface area contributed by atoms with E-state index in [1.807, 2.05) is 65.3 Å². The Morgan fingerprint density at radius 2 is 0.692 bits per heavy atom. The molecule has 0 radical (unpaired) electrons. The number of rotatable bonds is 6. The van der Waals surface area contributed by atoms with Gasteiger partial charge in [0.2, 0.25) is 0 Å². The zero-order valence-corrected chi connectivity index (χ0v) is 27.7. The highest BCUT2D eigenvalue weighted by Crippen LogP contribution is 2.42. The quantitative estimate of drug-likeness (QED) is 0.128. The minimum atomic E-state index is -0.362. The van der Waals surface area contributed by atoms with E-state index in [-0.39, 0.29) is 30.0 Å². The number of hydrogen-bond acceptors (Lipinski definition) is 4. The molecule has 0 saturated heterocycles. The van der Waals surface area contributed by atoms with Crippen molar-refractivity contribution < 1.29 is 27.0 Å². The molecule has 0 atom stereocenters. The van der Waals surface area contributed by atoms with Crippen LogP contribution in [0.1, 0.15) is 5.56 Å². The molecule has 0 N–H and O–H groups in total. The van der Waals surface area contributed by atoms with Crippen molar-refractivity contribution in [1.29, 1.82) is 0 Å². The first-order valence-corrected chi connectivity index (χ1v) is 16.7. The van der Waals surface area contributed by atoms with Gasteiger partial charge in [0.05, 0.1) is 0 Å². The number of benzene rings is 7. The zero-order valence-electron chi connectivity index (χ0n) is 27.7. The van der Waals surface area contributed by atoms with Gasteiger partial charge in [0.25, 0.3) is 6.71 Å². The van der Waals surface area contributed by atoms with Crippen molar-refractivity contribution in [2.24, 2.45) is 0 Å². The van der Waals surface area contributed by atoms with Gasteiger partial charge in [-0.1, -0.05) is 12.1 Å². The Hall–Kier alpha value is -6.48. The van der Waals surface area contributed by atoms with Gasteiger partial charge in [0, 0.05) is 51.7 Å². The molecular formula is C43H27BF4N2O2. The third-order valence-electron chi connectivity index (χ3n) is 9.45. The Labute approximate surface area is 297 Å². The van der Waals surface area contributed by atoms with Crippen LogP contribution in [-0.4, -0.2) is 6.71 Å². The smallest absolute Gasteiger partial charge is 0.260 e. The van der Waals surface area contributed by atoms with Gasteiger partial charge in [0.15, 0.2) is 0 Å². The van der Waals surface area contributed by atoms with Crippen LogP contribution in [-0.2, 0) is 0 Å². The van der Waals surface area contributed by atoms with Crippen molar-refractivity contribution >= 4 is 57.2 Å². The molecule has 2 aliphatic heterocycles. The minimum Gasteiger partial charge on any atom is -0.458 e. The zero-order chi connectivity index (χ0) is 35.5. The molecule has 7 aromatic rings. The molecular weight excluding hydrogens is 663 g/mol. The van der Waals surface area contributed by atoms with Gasteiger partial charge in [-0.2, -0.15) is 0 Å². The lowest BCUT2D eigenvalue weighted by Gasteiger charge is -2.35. The molecule has 2 aliphatic rings. The highest BCUT2D eigenvalue weighted by atomic mass is 19.1. The fourth-order valence-corrected chi connectivity index (χ4v) is 7.13. The molecule has 0 aromatic heterocycles. The number of halogens is 4. The second-order valence-electron chi connectivity index (χ2n) is 12.8. The highest BCUT2D eigenvalue weighted by Gasteiger charge is 2.41. The summed E-state index contributed by atoms with van der Waals surface area (Å²) in [6.07, 6.45) is 0. The number of nitrogens with zero attached hydrogens (tertiary/aromatic N) is 2. The second-order valence-corrected chi connectivity index (χ2v) is 12.8. The SMILES string of the molecule is Cc1cc2c3c(c1)Oc1cc(N(c4ccc(F)cc4)c4ccc(F)cc4)ccc1B3c1ccc(N(c3ccc(F)cc3)c3ccc(F)cc3)cc1O2. The van der Waals surface area contributed by atoms with Crippen LogP contribution in [0.15, 0.2) is 146 Å². The third-order valence-corrected chi connectivity index (χ3v) is 9.45. The molecule has 0 amide bonds. The highest BCUT2D eigenvalue weighted by molar-refractivity contribution is 6.98. The molecule has 52 heavy (non-hydrogen) atoms. The molecule has 0 fully saturated rings. The largest absolute Gasteiger partial charge is 0.458 e. The van der Waals surface area contributed by atoms with Gasteiger partial charge in [0.1, 0.15) is 46.3 Å². The van der Waals surface area contributed by atoms with Crippen molar-refractivity contribution in [3.05, 3.63) is 174 Å². The monoisotopic (exact) mass is 690 g/mol. The Kier molecular flexibility index (Phi) is 7.50. The molecule has 0 unspecified atom stereocenters. The maximum absolute atomic E-state index is 14.0. The summed E-state index contributed by atoms with van der Waals surface area (Å²) in [5, 5.41) is 0. The van der Waals surface area contributed by atoms with E-state index in [1.54, 1.807) is 48.5 Å². The molecule has 9 heteroatoms. The van der Waals surface area contributed by atoms with Crippen LogP contribution in [0.3, 0.4) is 0 Å². The molecule has 4 nitrogen and oxygen atoms in total. The van der Waals surface area contributed by atoms with Gasteiger partial charge < -0.3 is 19.3 Å². The molecule has 0 saturated carbocycles. The Bertz CT molecular complexity index is 2210. The molecule has 0 spiro atoms. The van der Waals surface area contributed by atoms with E-state index in [0.717, 1.165) is 33.3 Å². The third kappa shape index (κ3) is 5.51. The van der Waals surface area contributed by atoms with Crippen molar-refractivity contribution in [2.75, 3.05) is 9.80 Å². The number of aryl methyl sites for hydroxylation is 1. The lowest BCUT2D eigenvalue weighted by atomic mass is 9.35. The summed E-state index contributed by atoms with van der Waals surface area (Å²) < 4.78 is 69.2. The minimum absolute atomic E-state index is 0.239. The predicted octanol–water partition coefficient (Wildman–Crippen LogP) is 10.2. The van der Waals surface area contributed by atoms with Crippen LogP contribution >= 0.6 is 0 Å². The van der Waals surface area contributed by atoms with E-state index in [4.69, 9.17) is 9.47 Å². The van der Waals surface area contributed by atoms with Gasteiger partial charge in [-0.3, -0.25) is 0 Å². The summed E-state index contributed by atoms with van der Waals surface area (Å²) >= 11 is 0. The van der Waals surface area contributed by atoms with E-state index in [2.05, 4.69) is 0 Å². The Morgan fingerprint density at radius 1 is 0.385 bits per heavy atom. The summed E-state index contributed by atoms with van der Waals surface area (Å²) in [7, 11) is 0. The summed E-state index contributed by atoms with van der Waals surface area (Å²) in [5.74, 6) is 1.17. The van der Waals surface area contributed by atoms with Crippen LogP contribution < -0.4 is 35.7 Å². The van der Waals surface area contributed by atoms with Gasteiger partial charge in [-0.15, -0.1) is 0 Å². The number of hydrogen-bond donors (Lipinski definition) is 0. The molecule has 7 aromatic carbocycles. The fraction of sp³-hybridized carbons (Fsp3) is 0.0233. The van der Waals surface area contributed by atoms with E-state index in [0.29, 0.717) is 45.7 Å². The summed E-state index contributed by atoms with van der Waals surface area (Å²) in [6.45, 7) is 1.74. The molecule has 0 bridgehead atoms. The first kappa shape index (κ1) is 31.5. The number of anilines is 6. The summed E-state index contributed by atoms with van der Waals surface area (Å²) in [5.41, 5.74) is 7.96. The maximum atomic E-state index is 14.0. The summed E-state index contributed by atoms with van der Waals surface area (Å²) in [4.78, 5) is 3.84. The average Bonchev–Trinajstić information content (AvgIpc) is 3.14. The topological polar surface area (TPSA) is 24.9 Å². The fourth-order valence-electron chi connectivity index (χ4n) is 7.13. The normalized spacial score (nSPS) is 12.2. The van der Waals surface area contributed by atoms with Gasteiger partial charge in [-0.25, -0.2) is 17.6 Å². The number of ether oxygens (including phenoxy) is 2. The Morgan fingerprint density at radius 3 is 1.02 bits per heavy atom. The Balaban J connectivity index is 1.17. The van der Waals surface area contributed by atoms with Crippen LogP contribution in [0.4, 0.5) is 51.7 Å². The van der Waals surface area contributed by atoms with Crippen LogP contribution in [0.2, 0.25) is 0 Å². The van der Waals surface area contributed by atoms with Gasteiger partial charge >= 0.3 is 0 Å². The number of fused-ring (bicyclic) bond motifs is 4. The van der Waals surface area contributed by atoms with Crippen molar-refractivity contribution in [1.82, 2.24) is 0 Å². The maximum Gasteiger partial charge on any atom is 0.260 e. The standard InChI is InChI=1S/C43H27BF4N2O2/c1-26-22-41-43-42(23-26)52-40-25-36(50(33-14-6-29(47)7-15-33)34-16-8-30(48)9-17-34)19-21-38(40)44(43)37-20-18-35(24-39(37)51-41)49(31-10-2-27(45)3-11-31)32-12-4-28(46)5-13-32/h2-25H,1H3. The second kappa shape index (κ2) is 12.4.